The van der Waals surface area contributed by atoms with Crippen LogP contribution in [0.3, 0.4) is 0 Å². The Morgan fingerprint density at radius 2 is 2.08 bits per heavy atom. The van der Waals surface area contributed by atoms with Crippen molar-refractivity contribution >= 4 is 5.91 Å². The molecule has 0 aliphatic heterocycles. The first kappa shape index (κ1) is 17.7. The highest BCUT2D eigenvalue weighted by Crippen LogP contribution is 2.33. The molecule has 0 spiro atoms. The molecular formula is C19H21FN2O2. The van der Waals surface area contributed by atoms with Gasteiger partial charge >= 0.3 is 0 Å². The largest absolute Gasteiger partial charge is 0.436 e. The van der Waals surface area contributed by atoms with Crippen molar-refractivity contribution in [1.82, 2.24) is 4.98 Å². The predicted molar refractivity (Wildman–Crippen MR) is 91.7 cm³/mol. The Labute approximate surface area is 141 Å². The van der Waals surface area contributed by atoms with Gasteiger partial charge in [0.15, 0.2) is 5.82 Å². The number of allylic oxidation sites excluding steroid dienone is 1. The Morgan fingerprint density at radius 1 is 1.42 bits per heavy atom. The first-order valence-electron chi connectivity index (χ1n) is 7.74. The average Bonchev–Trinajstić information content (AvgIpc) is 2.57. The molecule has 0 aliphatic rings. The van der Waals surface area contributed by atoms with Crippen LogP contribution >= 0.6 is 0 Å². The topological polar surface area (TPSA) is 65.2 Å². The molecule has 1 heterocycles. The highest BCUT2D eigenvalue weighted by molar-refractivity contribution is 5.92. The normalized spacial score (nSPS) is 13.1. The number of hydrogen-bond donors (Lipinski definition) is 1. The summed E-state index contributed by atoms with van der Waals surface area (Å²) in [6.07, 6.45) is 4.94. The number of pyridine rings is 1. The molecule has 4 nitrogen and oxygen atoms in total. The summed E-state index contributed by atoms with van der Waals surface area (Å²) in [6.45, 7) is 8.12. The molecule has 1 atom stereocenters. The van der Waals surface area contributed by atoms with Gasteiger partial charge in [0.2, 0.25) is 5.91 Å². The lowest BCUT2D eigenvalue weighted by molar-refractivity contribution is 0.0999. The minimum atomic E-state index is -0.738. The summed E-state index contributed by atoms with van der Waals surface area (Å²) < 4.78 is 19.4. The lowest BCUT2D eigenvalue weighted by Crippen LogP contribution is -2.19. The van der Waals surface area contributed by atoms with Crippen molar-refractivity contribution in [2.45, 2.75) is 32.1 Å². The minimum Gasteiger partial charge on any atom is -0.436 e. The third-order valence-corrected chi connectivity index (χ3v) is 4.23. The van der Waals surface area contributed by atoms with E-state index in [4.69, 9.17) is 10.5 Å². The van der Waals surface area contributed by atoms with Gasteiger partial charge in [0.05, 0.1) is 5.56 Å². The van der Waals surface area contributed by atoms with Gasteiger partial charge < -0.3 is 10.5 Å². The van der Waals surface area contributed by atoms with Gasteiger partial charge in [-0.1, -0.05) is 32.1 Å². The summed E-state index contributed by atoms with van der Waals surface area (Å²) in [5.74, 6) is -1.20. The molecule has 1 aromatic carbocycles. The number of nitrogens with two attached hydrogens (primary N) is 1. The van der Waals surface area contributed by atoms with E-state index >= 15 is 0 Å². The quantitative estimate of drug-likeness (QED) is 0.768. The van der Waals surface area contributed by atoms with Crippen molar-refractivity contribution in [3.8, 4) is 11.6 Å². The molecule has 5 heteroatoms. The molecule has 0 saturated heterocycles. The lowest BCUT2D eigenvalue weighted by Gasteiger charge is -2.27. The Bertz CT molecular complexity index is 744. The van der Waals surface area contributed by atoms with Crippen LogP contribution in [0.4, 0.5) is 4.39 Å². The molecule has 1 amide bonds. The van der Waals surface area contributed by atoms with Crippen LogP contribution in [0.15, 0.2) is 49.2 Å². The van der Waals surface area contributed by atoms with Crippen LogP contribution in [0.25, 0.3) is 0 Å². The van der Waals surface area contributed by atoms with E-state index in [9.17, 15) is 9.18 Å². The monoisotopic (exact) mass is 328 g/mol. The van der Waals surface area contributed by atoms with Crippen molar-refractivity contribution in [3.05, 3.63) is 66.1 Å². The van der Waals surface area contributed by atoms with E-state index in [1.165, 1.54) is 6.20 Å². The van der Waals surface area contributed by atoms with Crippen molar-refractivity contribution in [3.63, 3.8) is 0 Å². The van der Waals surface area contributed by atoms with Crippen LogP contribution in [0.1, 0.15) is 42.6 Å². The molecule has 2 N–H and O–H groups in total. The van der Waals surface area contributed by atoms with E-state index in [2.05, 4.69) is 25.4 Å². The highest BCUT2D eigenvalue weighted by atomic mass is 19.1. The van der Waals surface area contributed by atoms with Gasteiger partial charge in [0.25, 0.3) is 5.88 Å². The summed E-state index contributed by atoms with van der Waals surface area (Å²) >= 11 is 0. The smallest absolute Gasteiger partial charge is 0.255 e. The van der Waals surface area contributed by atoms with Crippen LogP contribution in [0, 0.1) is 5.82 Å². The number of hydrogen-bond acceptors (Lipinski definition) is 3. The van der Waals surface area contributed by atoms with E-state index in [1.807, 2.05) is 18.2 Å². The van der Waals surface area contributed by atoms with Gasteiger partial charge in [-0.05, 0) is 42.0 Å². The Kier molecular flexibility index (Phi) is 5.34. The molecule has 126 valence electrons. The fourth-order valence-electron chi connectivity index (χ4n) is 2.46. The highest BCUT2D eigenvalue weighted by Gasteiger charge is 2.22. The Balaban J connectivity index is 2.20. The molecule has 2 rings (SSSR count). The number of carbonyl (C=O) groups excluding carboxylic acids is 1. The number of rotatable bonds is 7. The standard InChI is InChI=1S/C19H21FN2O2/c1-4-10-19(3,5-2)14-6-8-15(9-7-14)24-18-16(20)11-13(12-22-18)17(21)23/h4,6-9,11-12H,1,5,10H2,2-3H3,(H2,21,23). The maximum Gasteiger partial charge on any atom is 0.255 e. The van der Waals surface area contributed by atoms with Crippen LogP contribution in [0.5, 0.6) is 11.6 Å². The Morgan fingerprint density at radius 3 is 2.58 bits per heavy atom. The first-order valence-corrected chi connectivity index (χ1v) is 7.74. The summed E-state index contributed by atoms with van der Waals surface area (Å²) in [5, 5.41) is 0. The Hall–Kier alpha value is -2.69. The van der Waals surface area contributed by atoms with E-state index in [0.717, 1.165) is 24.5 Å². The summed E-state index contributed by atoms with van der Waals surface area (Å²) in [6, 6.07) is 8.47. The molecule has 1 aromatic heterocycles. The molecule has 0 radical (unpaired) electrons. The third-order valence-electron chi connectivity index (χ3n) is 4.23. The van der Waals surface area contributed by atoms with Crippen molar-refractivity contribution in [1.29, 1.82) is 0 Å². The first-order chi connectivity index (χ1) is 11.4. The lowest BCUT2D eigenvalue weighted by atomic mass is 9.77. The van der Waals surface area contributed by atoms with Crippen LogP contribution in [-0.4, -0.2) is 10.9 Å². The van der Waals surface area contributed by atoms with Crippen molar-refractivity contribution in [2.75, 3.05) is 0 Å². The van der Waals surface area contributed by atoms with E-state index in [1.54, 1.807) is 12.1 Å². The number of carbonyl (C=O) groups is 1. The second kappa shape index (κ2) is 7.25. The van der Waals surface area contributed by atoms with Crippen LogP contribution < -0.4 is 10.5 Å². The second-order valence-corrected chi connectivity index (χ2v) is 5.91. The second-order valence-electron chi connectivity index (χ2n) is 5.91. The van der Waals surface area contributed by atoms with E-state index in [0.29, 0.717) is 5.75 Å². The zero-order valence-corrected chi connectivity index (χ0v) is 13.9. The van der Waals surface area contributed by atoms with Crippen LogP contribution in [0.2, 0.25) is 0 Å². The number of halogens is 1. The average molecular weight is 328 g/mol. The molecular weight excluding hydrogens is 307 g/mol. The van der Waals surface area contributed by atoms with Gasteiger partial charge in [0.1, 0.15) is 5.75 Å². The molecule has 2 aromatic rings. The molecule has 24 heavy (non-hydrogen) atoms. The summed E-state index contributed by atoms with van der Waals surface area (Å²) in [5.41, 5.74) is 6.25. The van der Waals surface area contributed by atoms with Gasteiger partial charge in [-0.25, -0.2) is 9.37 Å². The number of amides is 1. The van der Waals surface area contributed by atoms with E-state index in [-0.39, 0.29) is 16.9 Å². The zero-order valence-electron chi connectivity index (χ0n) is 13.9. The molecule has 0 aliphatic carbocycles. The maximum atomic E-state index is 13.9. The number of aromatic nitrogens is 1. The van der Waals surface area contributed by atoms with Gasteiger partial charge in [-0.2, -0.15) is 0 Å². The summed E-state index contributed by atoms with van der Waals surface area (Å²) in [4.78, 5) is 14.8. The number of primary amides is 1. The number of nitrogens with zero attached hydrogens (tertiary/aromatic N) is 1. The number of ether oxygens (including phenoxy) is 1. The minimum absolute atomic E-state index is 0.00154. The van der Waals surface area contributed by atoms with Crippen LogP contribution in [-0.2, 0) is 5.41 Å². The molecule has 1 unspecified atom stereocenters. The van der Waals surface area contributed by atoms with Gasteiger partial charge in [0, 0.05) is 6.20 Å². The molecule has 0 fully saturated rings. The fourth-order valence-corrected chi connectivity index (χ4v) is 2.46. The van der Waals surface area contributed by atoms with Crippen molar-refractivity contribution < 1.29 is 13.9 Å². The zero-order chi connectivity index (χ0) is 17.7. The van der Waals surface area contributed by atoms with Gasteiger partial charge in [-0.15, -0.1) is 6.58 Å². The third kappa shape index (κ3) is 3.79. The molecule has 0 bridgehead atoms. The predicted octanol–water partition coefficient (Wildman–Crippen LogP) is 4.36. The number of benzene rings is 1. The SMILES string of the molecule is C=CCC(C)(CC)c1ccc(Oc2ncc(C(N)=O)cc2F)cc1. The fraction of sp³-hybridized carbons (Fsp3) is 0.263. The maximum absolute atomic E-state index is 13.9. The molecule has 0 saturated carbocycles. The van der Waals surface area contributed by atoms with E-state index < -0.39 is 11.7 Å². The van der Waals surface area contributed by atoms with Crippen molar-refractivity contribution in [2.24, 2.45) is 5.73 Å². The van der Waals surface area contributed by atoms with Gasteiger partial charge in [-0.3, -0.25) is 4.79 Å². The summed E-state index contributed by atoms with van der Waals surface area (Å²) in [7, 11) is 0.